The molecular formula is C24H15BrN2O5S. The van der Waals surface area contributed by atoms with Gasteiger partial charge in [-0.2, -0.15) is 5.26 Å². The van der Waals surface area contributed by atoms with Crippen molar-refractivity contribution in [2.45, 2.75) is 6.92 Å². The molecule has 0 fully saturated rings. The van der Waals surface area contributed by atoms with E-state index in [0.29, 0.717) is 38.7 Å². The van der Waals surface area contributed by atoms with Crippen molar-refractivity contribution in [1.29, 1.82) is 5.26 Å². The van der Waals surface area contributed by atoms with Gasteiger partial charge in [0.25, 0.3) is 0 Å². The van der Waals surface area contributed by atoms with Crippen LogP contribution in [0.25, 0.3) is 33.9 Å². The zero-order chi connectivity index (χ0) is 23.5. The molecule has 164 valence electrons. The van der Waals surface area contributed by atoms with Crippen molar-refractivity contribution >= 4 is 55.9 Å². The van der Waals surface area contributed by atoms with Gasteiger partial charge in [-0.25, -0.2) is 9.78 Å². The topological polar surface area (TPSA) is 102 Å². The monoisotopic (exact) mass is 522 g/mol. The maximum atomic E-state index is 12.5. The summed E-state index contributed by atoms with van der Waals surface area (Å²) in [6.45, 7) is 1.30. The van der Waals surface area contributed by atoms with E-state index in [1.54, 1.807) is 47.9 Å². The van der Waals surface area contributed by atoms with Gasteiger partial charge in [0, 0.05) is 22.2 Å². The number of allylic oxidation sites excluding steroid dienone is 1. The number of nitriles is 1. The van der Waals surface area contributed by atoms with E-state index in [-0.39, 0.29) is 5.75 Å². The molecule has 0 bridgehead atoms. The molecule has 0 saturated carbocycles. The Labute approximate surface area is 200 Å². The van der Waals surface area contributed by atoms with Gasteiger partial charge in [-0.15, -0.1) is 11.3 Å². The summed E-state index contributed by atoms with van der Waals surface area (Å²) in [4.78, 5) is 28.2. The molecule has 0 aliphatic rings. The number of hydrogen-bond donors (Lipinski definition) is 0. The van der Waals surface area contributed by atoms with Gasteiger partial charge >= 0.3 is 11.6 Å². The van der Waals surface area contributed by atoms with Gasteiger partial charge in [-0.1, -0.05) is 22.0 Å². The van der Waals surface area contributed by atoms with E-state index in [9.17, 15) is 14.9 Å². The standard InChI is InChI=1S/C24H15BrN2O5S/c1-13(28)31-21-5-3-14(8-22(21)30-2)7-16(11-26)23-27-19(12-33-23)18-10-15-9-17(25)4-6-20(15)32-24(18)29/h3-10,12H,1-2H3. The number of carbonyl (C=O) groups excluding carboxylic acids is 1. The Hall–Kier alpha value is -3.74. The molecule has 2 aromatic carbocycles. The quantitative estimate of drug-likeness (QED) is 0.144. The first-order valence-electron chi connectivity index (χ1n) is 9.56. The molecule has 9 heteroatoms. The van der Waals surface area contributed by atoms with Crippen LogP contribution in [-0.2, 0) is 4.79 Å². The third-order valence-corrected chi connectivity index (χ3v) is 5.95. The Kier molecular flexibility index (Phi) is 6.40. The number of ether oxygens (including phenoxy) is 2. The molecule has 2 aromatic heterocycles. The number of nitrogens with zero attached hydrogens (tertiary/aromatic N) is 2. The summed E-state index contributed by atoms with van der Waals surface area (Å²) >= 11 is 4.65. The Balaban J connectivity index is 1.70. The number of methoxy groups -OCH3 is 1. The van der Waals surface area contributed by atoms with Gasteiger partial charge < -0.3 is 13.9 Å². The minimum absolute atomic E-state index is 0.284. The summed E-state index contributed by atoms with van der Waals surface area (Å²) in [7, 11) is 1.46. The first kappa shape index (κ1) is 22.5. The van der Waals surface area contributed by atoms with E-state index in [1.807, 2.05) is 6.07 Å². The summed E-state index contributed by atoms with van der Waals surface area (Å²) in [6.07, 6.45) is 1.64. The Bertz CT molecular complexity index is 1510. The molecule has 7 nitrogen and oxygen atoms in total. The van der Waals surface area contributed by atoms with Crippen LogP contribution in [0.5, 0.6) is 11.5 Å². The fourth-order valence-electron chi connectivity index (χ4n) is 3.12. The lowest BCUT2D eigenvalue weighted by atomic mass is 10.1. The molecule has 0 spiro atoms. The van der Waals surface area contributed by atoms with E-state index in [4.69, 9.17) is 13.9 Å². The number of carbonyl (C=O) groups is 1. The number of hydrogen-bond acceptors (Lipinski definition) is 8. The van der Waals surface area contributed by atoms with Crippen LogP contribution >= 0.6 is 27.3 Å². The predicted molar refractivity (Wildman–Crippen MR) is 129 cm³/mol. The van der Waals surface area contributed by atoms with Gasteiger partial charge in [-0.05, 0) is 48.0 Å². The van der Waals surface area contributed by atoms with Gasteiger partial charge in [0.1, 0.15) is 16.7 Å². The van der Waals surface area contributed by atoms with Crippen LogP contribution < -0.4 is 15.1 Å². The van der Waals surface area contributed by atoms with Crippen molar-refractivity contribution in [1.82, 2.24) is 4.98 Å². The van der Waals surface area contributed by atoms with Crippen LogP contribution in [0, 0.1) is 11.3 Å². The summed E-state index contributed by atoms with van der Waals surface area (Å²) < 4.78 is 16.7. The summed E-state index contributed by atoms with van der Waals surface area (Å²) in [5, 5.41) is 12.6. The fraction of sp³-hybridized carbons (Fsp3) is 0.0833. The first-order valence-corrected chi connectivity index (χ1v) is 11.2. The number of aromatic nitrogens is 1. The Morgan fingerprint density at radius 3 is 2.76 bits per heavy atom. The third-order valence-electron chi connectivity index (χ3n) is 4.58. The number of esters is 1. The molecular weight excluding hydrogens is 508 g/mol. The van der Waals surface area contributed by atoms with Crippen LogP contribution in [-0.4, -0.2) is 18.1 Å². The van der Waals surface area contributed by atoms with E-state index < -0.39 is 11.6 Å². The van der Waals surface area contributed by atoms with Gasteiger partial charge in [-0.3, -0.25) is 4.79 Å². The second kappa shape index (κ2) is 9.40. The van der Waals surface area contributed by atoms with Crippen molar-refractivity contribution in [3.05, 3.63) is 73.3 Å². The highest BCUT2D eigenvalue weighted by Gasteiger charge is 2.15. The average molecular weight is 523 g/mol. The number of halogens is 1. The zero-order valence-electron chi connectivity index (χ0n) is 17.4. The van der Waals surface area contributed by atoms with E-state index in [2.05, 4.69) is 27.0 Å². The van der Waals surface area contributed by atoms with Crippen molar-refractivity contribution in [3.63, 3.8) is 0 Å². The smallest absolute Gasteiger partial charge is 0.345 e. The lowest BCUT2D eigenvalue weighted by Gasteiger charge is -2.08. The minimum Gasteiger partial charge on any atom is -0.493 e. The Morgan fingerprint density at radius 2 is 2.03 bits per heavy atom. The molecule has 0 radical (unpaired) electrons. The Morgan fingerprint density at radius 1 is 1.21 bits per heavy atom. The fourth-order valence-corrected chi connectivity index (χ4v) is 4.28. The van der Waals surface area contributed by atoms with Crippen LogP contribution in [0.4, 0.5) is 0 Å². The van der Waals surface area contributed by atoms with Gasteiger partial charge in [0.05, 0.1) is 23.9 Å². The SMILES string of the molecule is COc1cc(C=C(C#N)c2nc(-c3cc4cc(Br)ccc4oc3=O)cs2)ccc1OC(C)=O. The molecule has 0 atom stereocenters. The summed E-state index contributed by atoms with van der Waals surface area (Å²) in [5.41, 5.74) is 1.68. The molecule has 0 unspecified atom stereocenters. The third kappa shape index (κ3) is 4.87. The molecule has 0 saturated heterocycles. The van der Waals surface area contributed by atoms with Gasteiger partial charge in [0.15, 0.2) is 11.5 Å². The predicted octanol–water partition coefficient (Wildman–Crippen LogP) is 5.68. The van der Waals surface area contributed by atoms with E-state index >= 15 is 0 Å². The van der Waals surface area contributed by atoms with Gasteiger partial charge in [0.2, 0.25) is 0 Å². The highest BCUT2D eigenvalue weighted by atomic mass is 79.9. The van der Waals surface area contributed by atoms with Crippen LogP contribution in [0.15, 0.2) is 61.5 Å². The van der Waals surface area contributed by atoms with E-state index in [1.165, 1.54) is 25.4 Å². The number of thiazole rings is 1. The van der Waals surface area contributed by atoms with Crippen molar-refractivity contribution in [2.24, 2.45) is 0 Å². The summed E-state index contributed by atoms with van der Waals surface area (Å²) in [6, 6.07) is 14.2. The molecule has 0 amide bonds. The van der Waals surface area contributed by atoms with Crippen LogP contribution in [0.3, 0.4) is 0 Å². The first-order chi connectivity index (χ1) is 15.9. The highest BCUT2D eigenvalue weighted by Crippen LogP contribution is 2.31. The molecule has 0 aliphatic carbocycles. The lowest BCUT2D eigenvalue weighted by Crippen LogP contribution is -2.03. The normalized spacial score (nSPS) is 11.3. The number of rotatable bonds is 5. The largest absolute Gasteiger partial charge is 0.493 e. The average Bonchev–Trinajstić information content (AvgIpc) is 3.27. The van der Waals surface area contributed by atoms with Crippen molar-refractivity contribution < 1.29 is 18.7 Å². The number of fused-ring (bicyclic) bond motifs is 1. The lowest BCUT2D eigenvalue weighted by molar-refractivity contribution is -0.132. The molecule has 33 heavy (non-hydrogen) atoms. The molecule has 2 heterocycles. The molecule has 4 rings (SSSR count). The minimum atomic E-state index is -0.505. The molecule has 0 aliphatic heterocycles. The second-order valence-corrected chi connectivity index (χ2v) is 8.62. The van der Waals surface area contributed by atoms with Crippen LogP contribution in [0.2, 0.25) is 0 Å². The zero-order valence-corrected chi connectivity index (χ0v) is 19.8. The van der Waals surface area contributed by atoms with Crippen molar-refractivity contribution in [3.8, 4) is 28.8 Å². The maximum absolute atomic E-state index is 12.5. The molecule has 4 aromatic rings. The summed E-state index contributed by atoms with van der Waals surface area (Å²) in [5.74, 6) is 0.179. The molecule has 0 N–H and O–H groups in total. The van der Waals surface area contributed by atoms with Crippen molar-refractivity contribution in [2.75, 3.05) is 7.11 Å². The second-order valence-electron chi connectivity index (χ2n) is 6.84. The highest BCUT2D eigenvalue weighted by molar-refractivity contribution is 9.10. The van der Waals surface area contributed by atoms with E-state index in [0.717, 1.165) is 9.86 Å². The maximum Gasteiger partial charge on any atom is 0.345 e. The van der Waals surface area contributed by atoms with Crippen LogP contribution in [0.1, 0.15) is 17.5 Å². The number of benzene rings is 2.